The number of halogens is 1. The molecule has 1 aromatic rings. The summed E-state index contributed by atoms with van der Waals surface area (Å²) in [5.74, 6) is -0.634. The minimum atomic E-state index is -0.908. The molecule has 0 saturated heterocycles. The monoisotopic (exact) mass is 325 g/mol. The van der Waals surface area contributed by atoms with Gasteiger partial charge in [0.1, 0.15) is 5.41 Å². The molecule has 1 saturated carbocycles. The first-order valence-corrected chi connectivity index (χ1v) is 6.99. The number of rotatable bonds is 5. The Balaban J connectivity index is 1.81. The zero-order chi connectivity index (χ0) is 13.9. The fourth-order valence-corrected chi connectivity index (χ4v) is 2.25. The van der Waals surface area contributed by atoms with E-state index < -0.39 is 11.4 Å². The number of ether oxygens (including phenoxy) is 1. The first kappa shape index (κ1) is 14.1. The predicted octanol–water partition coefficient (Wildman–Crippen LogP) is 2.06. The van der Waals surface area contributed by atoms with Crippen LogP contribution >= 0.6 is 15.9 Å². The van der Waals surface area contributed by atoms with E-state index in [1.165, 1.54) is 7.11 Å². The average Bonchev–Trinajstić information content (AvgIpc) is 3.21. The quantitative estimate of drug-likeness (QED) is 0.666. The van der Waals surface area contributed by atoms with Crippen LogP contribution in [-0.2, 0) is 20.7 Å². The standard InChI is InChI=1S/C14H16BrNO3/c1-19-13(18)14(7-8-14)12(17)16-9-6-10-2-4-11(15)5-3-10/h2-5H,6-9H2,1H3,(H,16,17). The van der Waals surface area contributed by atoms with Crippen LogP contribution < -0.4 is 5.32 Å². The molecule has 1 aromatic carbocycles. The first-order valence-electron chi connectivity index (χ1n) is 6.20. The van der Waals surface area contributed by atoms with Gasteiger partial charge in [-0.3, -0.25) is 9.59 Å². The van der Waals surface area contributed by atoms with Gasteiger partial charge in [-0.15, -0.1) is 0 Å². The molecule has 1 N–H and O–H groups in total. The summed E-state index contributed by atoms with van der Waals surface area (Å²) in [6.45, 7) is 0.527. The molecular weight excluding hydrogens is 310 g/mol. The van der Waals surface area contributed by atoms with E-state index in [0.29, 0.717) is 19.4 Å². The Labute approximate surface area is 120 Å². The molecule has 1 amide bonds. The lowest BCUT2D eigenvalue weighted by molar-refractivity contribution is -0.152. The maximum atomic E-state index is 12.0. The van der Waals surface area contributed by atoms with Gasteiger partial charge in [0.2, 0.25) is 5.91 Å². The number of esters is 1. The van der Waals surface area contributed by atoms with Gasteiger partial charge in [-0.25, -0.2) is 0 Å². The lowest BCUT2D eigenvalue weighted by Gasteiger charge is -2.12. The van der Waals surface area contributed by atoms with Crippen molar-refractivity contribution in [3.63, 3.8) is 0 Å². The summed E-state index contributed by atoms with van der Waals surface area (Å²) in [7, 11) is 1.32. The number of carbonyl (C=O) groups is 2. The third kappa shape index (κ3) is 3.15. The highest BCUT2D eigenvalue weighted by Gasteiger charge is 2.57. The van der Waals surface area contributed by atoms with E-state index in [1.807, 2.05) is 24.3 Å². The molecule has 0 atom stereocenters. The lowest BCUT2D eigenvalue weighted by Crippen LogP contribution is -2.38. The van der Waals surface area contributed by atoms with Gasteiger partial charge in [-0.1, -0.05) is 28.1 Å². The van der Waals surface area contributed by atoms with Crippen LogP contribution in [0.5, 0.6) is 0 Å². The molecule has 0 aliphatic heterocycles. The Morgan fingerprint density at radius 3 is 2.47 bits per heavy atom. The van der Waals surface area contributed by atoms with Crippen molar-refractivity contribution in [3.05, 3.63) is 34.3 Å². The summed E-state index contributed by atoms with van der Waals surface area (Å²) in [6.07, 6.45) is 1.92. The third-order valence-electron chi connectivity index (χ3n) is 3.37. The Kier molecular flexibility index (Phi) is 4.24. The second kappa shape index (κ2) is 5.74. The van der Waals surface area contributed by atoms with Crippen LogP contribution in [0, 0.1) is 5.41 Å². The van der Waals surface area contributed by atoms with Gasteiger partial charge in [-0.05, 0) is 37.0 Å². The summed E-state index contributed by atoms with van der Waals surface area (Å²) in [5.41, 5.74) is 0.237. The maximum absolute atomic E-state index is 12.0. The Hall–Kier alpha value is -1.36. The number of benzene rings is 1. The molecule has 1 aliphatic carbocycles. The van der Waals surface area contributed by atoms with Gasteiger partial charge < -0.3 is 10.1 Å². The average molecular weight is 326 g/mol. The van der Waals surface area contributed by atoms with Crippen LogP contribution in [-0.4, -0.2) is 25.5 Å². The number of amides is 1. The molecule has 5 heteroatoms. The van der Waals surface area contributed by atoms with E-state index >= 15 is 0 Å². The van der Waals surface area contributed by atoms with E-state index in [4.69, 9.17) is 0 Å². The Morgan fingerprint density at radius 2 is 1.95 bits per heavy atom. The molecule has 1 aliphatic rings. The molecule has 4 nitrogen and oxygen atoms in total. The van der Waals surface area contributed by atoms with Gasteiger partial charge in [0.05, 0.1) is 7.11 Å². The highest BCUT2D eigenvalue weighted by molar-refractivity contribution is 9.10. The topological polar surface area (TPSA) is 55.4 Å². The normalized spacial score (nSPS) is 15.7. The number of hydrogen-bond donors (Lipinski definition) is 1. The summed E-state index contributed by atoms with van der Waals surface area (Å²) in [4.78, 5) is 23.5. The van der Waals surface area contributed by atoms with E-state index in [0.717, 1.165) is 16.5 Å². The molecule has 0 heterocycles. The minimum absolute atomic E-state index is 0.212. The van der Waals surface area contributed by atoms with Crippen LogP contribution in [0.4, 0.5) is 0 Å². The first-order chi connectivity index (χ1) is 9.08. The van der Waals surface area contributed by atoms with E-state index in [2.05, 4.69) is 26.0 Å². The van der Waals surface area contributed by atoms with Crippen molar-refractivity contribution < 1.29 is 14.3 Å². The van der Waals surface area contributed by atoms with Gasteiger partial charge in [0.15, 0.2) is 0 Å². The molecular formula is C14H16BrNO3. The van der Waals surface area contributed by atoms with Gasteiger partial charge in [-0.2, -0.15) is 0 Å². The van der Waals surface area contributed by atoms with Crippen LogP contribution in [0.25, 0.3) is 0 Å². The van der Waals surface area contributed by atoms with Crippen molar-refractivity contribution in [1.29, 1.82) is 0 Å². The van der Waals surface area contributed by atoms with Crippen LogP contribution in [0.15, 0.2) is 28.7 Å². The van der Waals surface area contributed by atoms with Gasteiger partial charge in [0.25, 0.3) is 0 Å². The van der Waals surface area contributed by atoms with E-state index in [1.54, 1.807) is 0 Å². The van der Waals surface area contributed by atoms with Crippen LogP contribution in [0.3, 0.4) is 0 Å². The minimum Gasteiger partial charge on any atom is -0.468 e. The second-order valence-electron chi connectivity index (χ2n) is 4.71. The Bertz CT molecular complexity index is 480. The summed E-state index contributed by atoms with van der Waals surface area (Å²) < 4.78 is 5.70. The van der Waals surface area contributed by atoms with Crippen molar-refractivity contribution in [2.45, 2.75) is 19.3 Å². The summed E-state index contributed by atoms with van der Waals surface area (Å²) >= 11 is 3.37. The number of nitrogens with one attached hydrogen (secondary N) is 1. The number of carbonyl (C=O) groups excluding carboxylic acids is 2. The van der Waals surface area contributed by atoms with Crippen molar-refractivity contribution in [2.24, 2.45) is 5.41 Å². The smallest absolute Gasteiger partial charge is 0.321 e. The molecule has 19 heavy (non-hydrogen) atoms. The van der Waals surface area contributed by atoms with E-state index in [-0.39, 0.29) is 5.91 Å². The molecule has 0 aromatic heterocycles. The summed E-state index contributed by atoms with van der Waals surface area (Å²) in [5, 5.41) is 2.81. The molecule has 0 bridgehead atoms. The zero-order valence-corrected chi connectivity index (χ0v) is 12.3. The van der Waals surface area contributed by atoms with Crippen molar-refractivity contribution in [2.75, 3.05) is 13.7 Å². The van der Waals surface area contributed by atoms with Crippen molar-refractivity contribution in [3.8, 4) is 0 Å². The van der Waals surface area contributed by atoms with Gasteiger partial charge in [0, 0.05) is 11.0 Å². The molecule has 102 valence electrons. The summed E-state index contributed by atoms with van der Waals surface area (Å²) in [6, 6.07) is 7.94. The SMILES string of the molecule is COC(=O)C1(C(=O)NCCc2ccc(Br)cc2)CC1. The third-order valence-corrected chi connectivity index (χ3v) is 3.90. The van der Waals surface area contributed by atoms with Crippen LogP contribution in [0.2, 0.25) is 0 Å². The van der Waals surface area contributed by atoms with Gasteiger partial charge >= 0.3 is 5.97 Å². The van der Waals surface area contributed by atoms with E-state index in [9.17, 15) is 9.59 Å². The predicted molar refractivity (Wildman–Crippen MR) is 74.5 cm³/mol. The zero-order valence-electron chi connectivity index (χ0n) is 10.7. The van der Waals surface area contributed by atoms with Crippen LogP contribution in [0.1, 0.15) is 18.4 Å². The fourth-order valence-electron chi connectivity index (χ4n) is 1.98. The molecule has 0 radical (unpaired) electrons. The molecule has 1 fully saturated rings. The number of methoxy groups -OCH3 is 1. The lowest BCUT2D eigenvalue weighted by atomic mass is 10.1. The Morgan fingerprint density at radius 1 is 1.32 bits per heavy atom. The fraction of sp³-hybridized carbons (Fsp3) is 0.429. The highest BCUT2D eigenvalue weighted by atomic mass is 79.9. The largest absolute Gasteiger partial charge is 0.468 e. The second-order valence-corrected chi connectivity index (χ2v) is 5.62. The highest BCUT2D eigenvalue weighted by Crippen LogP contribution is 2.46. The molecule has 2 rings (SSSR count). The molecule has 0 spiro atoms. The maximum Gasteiger partial charge on any atom is 0.321 e. The number of hydrogen-bond acceptors (Lipinski definition) is 3. The van der Waals surface area contributed by atoms with Crippen molar-refractivity contribution >= 4 is 27.8 Å². The molecule has 0 unspecified atom stereocenters. The van der Waals surface area contributed by atoms with Crippen molar-refractivity contribution in [1.82, 2.24) is 5.32 Å².